The van der Waals surface area contributed by atoms with Gasteiger partial charge in [0, 0.05) is 44.0 Å². The van der Waals surface area contributed by atoms with Crippen molar-refractivity contribution in [3.05, 3.63) is 64.2 Å². The molecule has 1 N–H and O–H groups in total. The van der Waals surface area contributed by atoms with E-state index in [0.717, 1.165) is 43.4 Å². The van der Waals surface area contributed by atoms with Crippen LogP contribution in [0.1, 0.15) is 52.4 Å². The van der Waals surface area contributed by atoms with Crippen molar-refractivity contribution in [2.75, 3.05) is 38.5 Å². The van der Waals surface area contributed by atoms with Crippen LogP contribution in [0.4, 0.5) is 18.9 Å². The van der Waals surface area contributed by atoms with Crippen molar-refractivity contribution < 1.29 is 18.0 Å². The topological polar surface area (TPSA) is 35.6 Å². The zero-order valence-corrected chi connectivity index (χ0v) is 18.5. The van der Waals surface area contributed by atoms with Crippen molar-refractivity contribution >= 4 is 11.6 Å². The van der Waals surface area contributed by atoms with E-state index in [2.05, 4.69) is 24.1 Å². The largest absolute Gasteiger partial charge is 0.416 e. The highest BCUT2D eigenvalue weighted by atomic mass is 19.4. The third-order valence-electron chi connectivity index (χ3n) is 5.83. The van der Waals surface area contributed by atoms with E-state index in [0.29, 0.717) is 5.69 Å². The molecule has 3 rings (SSSR count). The second-order valence-electron chi connectivity index (χ2n) is 8.63. The monoisotopic (exact) mass is 433 g/mol. The van der Waals surface area contributed by atoms with E-state index in [-0.39, 0.29) is 23.6 Å². The van der Waals surface area contributed by atoms with Crippen LogP contribution in [0.15, 0.2) is 36.4 Å². The minimum Gasteiger partial charge on any atom is -0.322 e. The number of benzene rings is 2. The lowest BCUT2D eigenvalue weighted by molar-refractivity contribution is -0.138. The van der Waals surface area contributed by atoms with Crippen LogP contribution in [0.2, 0.25) is 0 Å². The van der Waals surface area contributed by atoms with Crippen LogP contribution in [-0.2, 0) is 12.7 Å². The zero-order valence-electron chi connectivity index (χ0n) is 18.5. The number of anilines is 1. The smallest absolute Gasteiger partial charge is 0.322 e. The van der Waals surface area contributed by atoms with Crippen LogP contribution in [0, 0.1) is 6.92 Å². The van der Waals surface area contributed by atoms with Gasteiger partial charge < -0.3 is 10.2 Å². The molecule has 1 aliphatic rings. The molecule has 2 aromatic carbocycles. The first-order valence-corrected chi connectivity index (χ1v) is 10.6. The fourth-order valence-electron chi connectivity index (χ4n) is 3.91. The first-order chi connectivity index (χ1) is 14.5. The van der Waals surface area contributed by atoms with Gasteiger partial charge in [-0.25, -0.2) is 0 Å². The minimum absolute atomic E-state index is 0.00104. The number of hydrogen-bond donors (Lipinski definition) is 1. The highest BCUT2D eigenvalue weighted by Gasteiger charge is 2.34. The van der Waals surface area contributed by atoms with Gasteiger partial charge in [0.1, 0.15) is 0 Å². The molecule has 4 nitrogen and oxygen atoms in total. The van der Waals surface area contributed by atoms with Crippen LogP contribution < -0.4 is 5.32 Å². The minimum atomic E-state index is -4.52. The second-order valence-corrected chi connectivity index (χ2v) is 8.63. The average molecular weight is 434 g/mol. The van der Waals surface area contributed by atoms with Gasteiger partial charge in [0.05, 0.1) is 5.56 Å². The molecule has 7 heteroatoms. The molecule has 31 heavy (non-hydrogen) atoms. The van der Waals surface area contributed by atoms with Crippen LogP contribution in [0.3, 0.4) is 0 Å². The lowest BCUT2D eigenvalue weighted by Gasteiger charge is -2.33. The fraction of sp³-hybridized carbons (Fsp3) is 0.458. The normalized spacial score (nSPS) is 16.0. The first kappa shape index (κ1) is 23.3. The van der Waals surface area contributed by atoms with Gasteiger partial charge in [0.25, 0.3) is 5.91 Å². The summed E-state index contributed by atoms with van der Waals surface area (Å²) < 4.78 is 41.3. The number of rotatable bonds is 5. The van der Waals surface area contributed by atoms with Gasteiger partial charge in [-0.2, -0.15) is 13.2 Å². The molecule has 0 spiro atoms. The molecule has 0 radical (unpaired) electrons. The Balaban J connectivity index is 1.81. The number of hydrogen-bond acceptors (Lipinski definition) is 3. The lowest BCUT2D eigenvalue weighted by Crippen LogP contribution is -2.44. The maximum absolute atomic E-state index is 13.8. The van der Waals surface area contributed by atoms with Crippen LogP contribution in [0.5, 0.6) is 0 Å². The predicted molar refractivity (Wildman–Crippen MR) is 117 cm³/mol. The number of amides is 1. The molecule has 168 valence electrons. The molecule has 2 aromatic rings. The number of nitrogens with zero attached hydrogens (tertiary/aromatic N) is 2. The number of likely N-dealkylation sites (N-methyl/N-ethyl adjacent to an activating group) is 1. The van der Waals surface area contributed by atoms with Gasteiger partial charge in [-0.05, 0) is 60.8 Å². The standard InChI is InChI=1S/C24H30F3N3O/c1-16(2)21-14-20(8-5-17(21)3)28-23(31)18-6-7-19(22(13-18)24(25,26)27)15-30-11-9-29(4)10-12-30/h5-8,13-14,16H,9-12,15H2,1-4H3,(H,28,31). The van der Waals surface area contributed by atoms with Gasteiger partial charge in [0.15, 0.2) is 0 Å². The predicted octanol–water partition coefficient (Wildman–Crippen LogP) is 5.14. The van der Waals surface area contributed by atoms with Crippen molar-refractivity contribution in [1.29, 1.82) is 0 Å². The quantitative estimate of drug-likeness (QED) is 0.710. The molecule has 0 atom stereocenters. The summed E-state index contributed by atoms with van der Waals surface area (Å²) in [6, 6.07) is 9.44. The zero-order chi connectivity index (χ0) is 22.8. The third-order valence-corrected chi connectivity index (χ3v) is 5.83. The summed E-state index contributed by atoms with van der Waals surface area (Å²) in [5.74, 6) is -0.266. The molecule has 0 saturated carbocycles. The summed E-state index contributed by atoms with van der Waals surface area (Å²) in [5, 5.41) is 2.74. The van der Waals surface area contributed by atoms with Gasteiger partial charge in [-0.15, -0.1) is 0 Å². The Morgan fingerprint density at radius 3 is 2.35 bits per heavy atom. The number of carbonyl (C=O) groups excluding carboxylic acids is 1. The molecule has 0 unspecified atom stereocenters. The highest BCUT2D eigenvalue weighted by molar-refractivity contribution is 6.04. The van der Waals surface area contributed by atoms with Crippen molar-refractivity contribution in [2.45, 2.75) is 39.4 Å². The van der Waals surface area contributed by atoms with E-state index in [9.17, 15) is 18.0 Å². The average Bonchev–Trinajstić information content (AvgIpc) is 2.70. The summed E-state index contributed by atoms with van der Waals surface area (Å²) in [4.78, 5) is 16.9. The molecule has 0 aliphatic carbocycles. The highest BCUT2D eigenvalue weighted by Crippen LogP contribution is 2.34. The Kier molecular flexibility index (Phi) is 7.06. The molecule has 1 aliphatic heterocycles. The number of aryl methyl sites for hydroxylation is 1. The van der Waals surface area contributed by atoms with E-state index in [4.69, 9.17) is 0 Å². The third kappa shape index (κ3) is 5.86. The molecule has 1 heterocycles. The van der Waals surface area contributed by atoms with Crippen molar-refractivity contribution in [3.8, 4) is 0 Å². The van der Waals surface area contributed by atoms with Crippen LogP contribution in [-0.4, -0.2) is 48.9 Å². The van der Waals surface area contributed by atoms with E-state index >= 15 is 0 Å². The van der Waals surface area contributed by atoms with E-state index in [1.54, 1.807) is 6.07 Å². The van der Waals surface area contributed by atoms with Gasteiger partial charge >= 0.3 is 6.18 Å². The van der Waals surface area contributed by atoms with Gasteiger partial charge in [0.2, 0.25) is 0 Å². The molecule has 0 bridgehead atoms. The number of carbonyl (C=O) groups is 1. The SMILES string of the molecule is Cc1ccc(NC(=O)c2ccc(CN3CCN(C)CC3)c(C(F)(F)F)c2)cc1C(C)C. The molecule has 0 aromatic heterocycles. The Hall–Kier alpha value is -2.38. The van der Waals surface area contributed by atoms with Gasteiger partial charge in [-0.1, -0.05) is 26.0 Å². The van der Waals surface area contributed by atoms with E-state index in [1.807, 2.05) is 31.0 Å². The van der Waals surface area contributed by atoms with Crippen molar-refractivity contribution in [1.82, 2.24) is 9.80 Å². The summed E-state index contributed by atoms with van der Waals surface area (Å²) in [6.07, 6.45) is -4.52. The number of piperazine rings is 1. The maximum atomic E-state index is 13.8. The summed E-state index contributed by atoms with van der Waals surface area (Å²) >= 11 is 0. The number of alkyl halides is 3. The number of halogens is 3. The van der Waals surface area contributed by atoms with Crippen LogP contribution >= 0.6 is 0 Å². The molecule has 1 fully saturated rings. The summed E-state index contributed by atoms with van der Waals surface area (Å²) in [7, 11) is 2.00. The van der Waals surface area contributed by atoms with E-state index in [1.165, 1.54) is 12.1 Å². The Bertz CT molecular complexity index is 932. The molecular weight excluding hydrogens is 403 g/mol. The van der Waals surface area contributed by atoms with Crippen molar-refractivity contribution in [3.63, 3.8) is 0 Å². The molecular formula is C24H30F3N3O. The number of nitrogens with one attached hydrogen (secondary N) is 1. The Morgan fingerprint density at radius 2 is 1.74 bits per heavy atom. The van der Waals surface area contributed by atoms with Gasteiger partial charge in [-0.3, -0.25) is 9.69 Å². The lowest BCUT2D eigenvalue weighted by atomic mass is 9.97. The Morgan fingerprint density at radius 1 is 1.06 bits per heavy atom. The second kappa shape index (κ2) is 9.40. The van der Waals surface area contributed by atoms with Crippen molar-refractivity contribution in [2.24, 2.45) is 0 Å². The maximum Gasteiger partial charge on any atom is 0.416 e. The summed E-state index contributed by atoms with van der Waals surface area (Å²) in [5.41, 5.74) is 2.24. The molecule has 1 saturated heterocycles. The fourth-order valence-corrected chi connectivity index (χ4v) is 3.91. The first-order valence-electron chi connectivity index (χ1n) is 10.6. The summed E-state index contributed by atoms with van der Waals surface area (Å²) in [6.45, 7) is 9.44. The Labute approximate surface area is 182 Å². The molecule has 1 amide bonds. The van der Waals surface area contributed by atoms with Crippen LogP contribution in [0.25, 0.3) is 0 Å². The van der Waals surface area contributed by atoms with E-state index < -0.39 is 17.6 Å².